The molecule has 4 aromatic rings. The number of anilines is 1. The second-order valence-corrected chi connectivity index (χ2v) is 8.08. The van der Waals surface area contributed by atoms with E-state index >= 15 is 0 Å². The minimum atomic E-state index is -0.348. The Kier molecular flexibility index (Phi) is 7.24. The molecule has 180 valence electrons. The molecule has 10 nitrogen and oxygen atoms in total. The smallest absolute Gasteiger partial charge is 0.226 e. The number of nitrogens with zero attached hydrogens (tertiary/aromatic N) is 5. The number of carbonyl (C=O) groups excluding carboxylic acids is 2. The molecule has 0 aliphatic carbocycles. The van der Waals surface area contributed by atoms with E-state index in [0.29, 0.717) is 22.6 Å². The fourth-order valence-corrected chi connectivity index (χ4v) is 3.36. The van der Waals surface area contributed by atoms with Crippen LogP contribution in [-0.4, -0.2) is 42.8 Å². The van der Waals surface area contributed by atoms with Crippen LogP contribution >= 0.6 is 0 Å². The van der Waals surface area contributed by atoms with Gasteiger partial charge in [-0.3, -0.25) is 14.3 Å². The summed E-state index contributed by atoms with van der Waals surface area (Å²) < 4.78 is 20.8. The molecule has 0 unspecified atom stereocenters. The zero-order valence-corrected chi connectivity index (χ0v) is 19.2. The van der Waals surface area contributed by atoms with Gasteiger partial charge in [0.05, 0.1) is 12.2 Å². The summed E-state index contributed by atoms with van der Waals surface area (Å²) in [5.41, 5.74) is 1.97. The van der Waals surface area contributed by atoms with Gasteiger partial charge in [-0.25, -0.2) is 14.4 Å². The third-order valence-electron chi connectivity index (χ3n) is 4.94. The number of amides is 2. The van der Waals surface area contributed by atoms with Crippen LogP contribution in [0.4, 0.5) is 10.2 Å². The molecular weight excluding hydrogens is 453 g/mol. The van der Waals surface area contributed by atoms with E-state index in [2.05, 4.69) is 30.9 Å². The third kappa shape index (κ3) is 6.14. The molecule has 0 atom stereocenters. The van der Waals surface area contributed by atoms with Crippen molar-refractivity contribution in [2.45, 2.75) is 39.3 Å². The van der Waals surface area contributed by atoms with Crippen molar-refractivity contribution in [1.29, 1.82) is 0 Å². The molecule has 3 heterocycles. The van der Waals surface area contributed by atoms with Gasteiger partial charge in [0, 0.05) is 36.7 Å². The predicted octanol–water partition coefficient (Wildman–Crippen LogP) is 3.43. The Morgan fingerprint density at radius 1 is 1.09 bits per heavy atom. The molecule has 0 saturated carbocycles. The van der Waals surface area contributed by atoms with Crippen LogP contribution < -0.4 is 10.6 Å². The lowest BCUT2D eigenvalue weighted by molar-refractivity contribution is -0.124. The lowest BCUT2D eigenvalue weighted by Crippen LogP contribution is -2.30. The molecule has 0 spiro atoms. The quantitative estimate of drug-likeness (QED) is 0.378. The topological polar surface area (TPSA) is 128 Å². The van der Waals surface area contributed by atoms with Crippen LogP contribution in [0.25, 0.3) is 22.9 Å². The first kappa shape index (κ1) is 23.7. The third-order valence-corrected chi connectivity index (χ3v) is 4.94. The standard InChI is InChI=1S/C24H24FN7O3/c1-15(2)27-22(33)7-8-23(34)28-21-9-11-26-24(29-21)19-13-20(18-10-12-35-31-18)32(30-19)14-16-5-3-4-6-17(16)25/h3-6,9-13,15H,7-8,14H2,1-2H3,(H,27,33)(H,26,28,29,34). The number of hydrogen-bond donors (Lipinski definition) is 2. The van der Waals surface area contributed by atoms with Crippen molar-refractivity contribution in [3.63, 3.8) is 0 Å². The number of carbonyl (C=O) groups is 2. The fraction of sp³-hybridized carbons (Fsp3) is 0.250. The average Bonchev–Trinajstić information content (AvgIpc) is 3.49. The highest BCUT2D eigenvalue weighted by atomic mass is 19.1. The Morgan fingerprint density at radius 2 is 1.89 bits per heavy atom. The van der Waals surface area contributed by atoms with Crippen molar-refractivity contribution < 1.29 is 18.5 Å². The van der Waals surface area contributed by atoms with Crippen molar-refractivity contribution in [2.24, 2.45) is 0 Å². The van der Waals surface area contributed by atoms with Crippen LogP contribution in [0.15, 0.2) is 59.4 Å². The van der Waals surface area contributed by atoms with Crippen LogP contribution in [0, 0.1) is 5.82 Å². The first-order chi connectivity index (χ1) is 16.9. The van der Waals surface area contributed by atoms with E-state index in [-0.39, 0.29) is 54.7 Å². The largest absolute Gasteiger partial charge is 0.364 e. The van der Waals surface area contributed by atoms with Crippen molar-refractivity contribution in [2.75, 3.05) is 5.32 Å². The van der Waals surface area contributed by atoms with Crippen LogP contribution in [0.3, 0.4) is 0 Å². The zero-order valence-electron chi connectivity index (χ0n) is 19.2. The number of aromatic nitrogens is 5. The Morgan fingerprint density at radius 3 is 2.63 bits per heavy atom. The number of halogens is 1. The van der Waals surface area contributed by atoms with Gasteiger partial charge in [0.2, 0.25) is 11.8 Å². The minimum absolute atomic E-state index is 0.00955. The highest BCUT2D eigenvalue weighted by Gasteiger charge is 2.17. The first-order valence-corrected chi connectivity index (χ1v) is 11.0. The molecule has 4 rings (SSSR count). The van der Waals surface area contributed by atoms with E-state index < -0.39 is 0 Å². The maximum absolute atomic E-state index is 14.3. The SMILES string of the molecule is CC(C)NC(=O)CCC(=O)Nc1ccnc(-c2cc(-c3ccon3)n(Cc3ccccc3F)n2)n1. The Hall–Kier alpha value is -4.41. The summed E-state index contributed by atoms with van der Waals surface area (Å²) in [5.74, 6) is -0.354. The summed E-state index contributed by atoms with van der Waals surface area (Å²) in [4.78, 5) is 32.7. The van der Waals surface area contributed by atoms with Gasteiger partial charge in [-0.05, 0) is 32.0 Å². The molecule has 0 radical (unpaired) electrons. The Bertz CT molecular complexity index is 1320. The maximum atomic E-state index is 14.3. The van der Waals surface area contributed by atoms with Gasteiger partial charge >= 0.3 is 0 Å². The second kappa shape index (κ2) is 10.7. The van der Waals surface area contributed by atoms with E-state index in [9.17, 15) is 14.0 Å². The van der Waals surface area contributed by atoms with Crippen LogP contribution in [0.1, 0.15) is 32.3 Å². The molecule has 2 amide bonds. The highest BCUT2D eigenvalue weighted by molar-refractivity contribution is 5.92. The molecular formula is C24H24FN7O3. The molecule has 2 N–H and O–H groups in total. The molecule has 0 aliphatic rings. The van der Waals surface area contributed by atoms with E-state index in [1.807, 2.05) is 13.8 Å². The lowest BCUT2D eigenvalue weighted by Gasteiger charge is -2.08. The average molecular weight is 478 g/mol. The van der Waals surface area contributed by atoms with Crippen LogP contribution in [-0.2, 0) is 16.1 Å². The Balaban J connectivity index is 1.54. The van der Waals surface area contributed by atoms with E-state index in [4.69, 9.17) is 4.52 Å². The van der Waals surface area contributed by atoms with Crippen LogP contribution in [0.2, 0.25) is 0 Å². The molecule has 0 fully saturated rings. The van der Waals surface area contributed by atoms with Gasteiger partial charge in [-0.15, -0.1) is 0 Å². The summed E-state index contributed by atoms with van der Waals surface area (Å²) in [5, 5.41) is 13.9. The van der Waals surface area contributed by atoms with Crippen molar-refractivity contribution >= 4 is 17.6 Å². The van der Waals surface area contributed by atoms with Crippen molar-refractivity contribution in [3.05, 3.63) is 66.3 Å². The monoisotopic (exact) mass is 477 g/mol. The maximum Gasteiger partial charge on any atom is 0.226 e. The lowest BCUT2D eigenvalue weighted by atomic mass is 10.2. The van der Waals surface area contributed by atoms with Crippen molar-refractivity contribution in [1.82, 2.24) is 30.2 Å². The summed E-state index contributed by atoms with van der Waals surface area (Å²) in [7, 11) is 0. The Labute approximate surface area is 200 Å². The number of benzene rings is 1. The minimum Gasteiger partial charge on any atom is -0.364 e. The second-order valence-electron chi connectivity index (χ2n) is 8.08. The molecule has 11 heteroatoms. The predicted molar refractivity (Wildman–Crippen MR) is 125 cm³/mol. The summed E-state index contributed by atoms with van der Waals surface area (Å²) in [6.07, 6.45) is 3.02. The number of nitrogens with one attached hydrogen (secondary N) is 2. The van der Waals surface area contributed by atoms with Crippen LogP contribution in [0.5, 0.6) is 0 Å². The van der Waals surface area contributed by atoms with Gasteiger partial charge in [0.25, 0.3) is 0 Å². The van der Waals surface area contributed by atoms with Crippen molar-refractivity contribution in [3.8, 4) is 22.9 Å². The van der Waals surface area contributed by atoms with Gasteiger partial charge in [0.15, 0.2) is 5.82 Å². The van der Waals surface area contributed by atoms with E-state index in [0.717, 1.165) is 0 Å². The summed E-state index contributed by atoms with van der Waals surface area (Å²) >= 11 is 0. The molecule has 0 aliphatic heterocycles. The van der Waals surface area contributed by atoms with Gasteiger partial charge in [0.1, 0.15) is 29.3 Å². The number of rotatable bonds is 9. The van der Waals surface area contributed by atoms with E-state index in [1.54, 1.807) is 41.1 Å². The van der Waals surface area contributed by atoms with Gasteiger partial charge < -0.3 is 15.2 Å². The highest BCUT2D eigenvalue weighted by Crippen LogP contribution is 2.25. The number of hydrogen-bond acceptors (Lipinski definition) is 7. The summed E-state index contributed by atoms with van der Waals surface area (Å²) in [6.45, 7) is 3.86. The molecule has 0 bridgehead atoms. The summed E-state index contributed by atoms with van der Waals surface area (Å²) in [6, 6.07) is 11.4. The van der Waals surface area contributed by atoms with E-state index in [1.165, 1.54) is 18.5 Å². The van der Waals surface area contributed by atoms with Gasteiger partial charge in [-0.2, -0.15) is 5.10 Å². The molecule has 3 aromatic heterocycles. The molecule has 0 saturated heterocycles. The fourth-order valence-electron chi connectivity index (χ4n) is 3.36. The normalized spacial score (nSPS) is 11.0. The van der Waals surface area contributed by atoms with Gasteiger partial charge in [-0.1, -0.05) is 23.4 Å². The molecule has 35 heavy (non-hydrogen) atoms. The molecule has 1 aromatic carbocycles. The zero-order chi connectivity index (χ0) is 24.8. The first-order valence-electron chi connectivity index (χ1n) is 11.0.